The SMILES string of the molecule is O=S(=O)([O-])C(F)(F)C(F)(F)C(F)(F)C(F)(F)C(F)(F)CCCCCCC(F)(F)F.[K+]. The monoisotopic (exact) mass is 522 g/mol. The summed E-state index contributed by atoms with van der Waals surface area (Å²) in [6, 6.07) is 0. The van der Waals surface area contributed by atoms with Gasteiger partial charge in [0.25, 0.3) is 0 Å². The molecule has 18 heteroatoms. The van der Waals surface area contributed by atoms with E-state index in [9.17, 15) is 70.0 Å². The Morgan fingerprint density at radius 1 is 0.567 bits per heavy atom. The normalized spacial score (nSPS) is 15.1. The summed E-state index contributed by atoms with van der Waals surface area (Å²) in [6.07, 6.45) is -11.3. The van der Waals surface area contributed by atoms with E-state index in [1.807, 2.05) is 0 Å². The molecule has 0 unspecified atom stereocenters. The van der Waals surface area contributed by atoms with Crippen LogP contribution in [0.2, 0.25) is 0 Å². The molecule has 0 saturated carbocycles. The van der Waals surface area contributed by atoms with Gasteiger partial charge in [-0.3, -0.25) is 0 Å². The molecule has 0 saturated heterocycles. The van der Waals surface area contributed by atoms with E-state index >= 15 is 0 Å². The number of rotatable bonds is 11. The third kappa shape index (κ3) is 6.82. The topological polar surface area (TPSA) is 57.2 Å². The predicted molar refractivity (Wildman–Crippen MR) is 68.2 cm³/mol. The molecule has 0 heterocycles. The van der Waals surface area contributed by atoms with Crippen LogP contribution in [-0.4, -0.2) is 48.1 Å². The van der Waals surface area contributed by atoms with Gasteiger partial charge in [0, 0.05) is 12.8 Å². The molecule has 0 N–H and O–H groups in total. The van der Waals surface area contributed by atoms with Crippen LogP contribution < -0.4 is 51.4 Å². The number of alkyl halides is 13. The summed E-state index contributed by atoms with van der Waals surface area (Å²) in [5.41, 5.74) is 0. The quantitative estimate of drug-likeness (QED) is 0.182. The van der Waals surface area contributed by atoms with Crippen LogP contribution in [0.4, 0.5) is 57.1 Å². The first-order chi connectivity index (χ1) is 12.5. The Labute approximate surface area is 203 Å². The van der Waals surface area contributed by atoms with Crippen molar-refractivity contribution >= 4 is 10.1 Å². The molecule has 0 aromatic rings. The van der Waals surface area contributed by atoms with E-state index in [0.29, 0.717) is 0 Å². The van der Waals surface area contributed by atoms with E-state index in [1.165, 1.54) is 0 Å². The molecule has 0 aliphatic rings. The standard InChI is InChI=1S/C12H13F13O3S.K/c13-7(14,5-3-1-2-4-6-8(15,16)17)9(18,19)10(20,21)11(22,23)12(24,25)29(26,27)28;/h1-6H2,(H,26,27,28);/q;+1/p-1. The minimum atomic E-state index is -7.72. The first kappa shape index (κ1) is 32.8. The molecule has 30 heavy (non-hydrogen) atoms. The molecule has 0 aliphatic heterocycles. The summed E-state index contributed by atoms with van der Waals surface area (Å²) in [7, 11) is -7.67. The molecule has 0 spiro atoms. The first-order valence-electron chi connectivity index (χ1n) is 7.37. The Morgan fingerprint density at radius 3 is 1.27 bits per heavy atom. The van der Waals surface area contributed by atoms with Gasteiger partial charge in [-0.05, 0) is 12.8 Å². The van der Waals surface area contributed by atoms with Gasteiger partial charge in [-0.15, -0.1) is 0 Å². The molecule has 0 bridgehead atoms. The van der Waals surface area contributed by atoms with Gasteiger partial charge in [-0.25, -0.2) is 8.42 Å². The summed E-state index contributed by atoms with van der Waals surface area (Å²) in [5.74, 6) is -28.8. The minimum absolute atomic E-state index is 0. The van der Waals surface area contributed by atoms with Crippen LogP contribution in [0.15, 0.2) is 0 Å². The van der Waals surface area contributed by atoms with Gasteiger partial charge in [0.15, 0.2) is 10.1 Å². The van der Waals surface area contributed by atoms with E-state index in [4.69, 9.17) is 0 Å². The number of hydrogen-bond acceptors (Lipinski definition) is 3. The van der Waals surface area contributed by atoms with Gasteiger partial charge < -0.3 is 4.55 Å². The second-order valence-corrected chi connectivity index (χ2v) is 7.35. The summed E-state index contributed by atoms with van der Waals surface area (Å²) in [5, 5.41) is -7.36. The Balaban J connectivity index is 0. The number of halogens is 13. The molecule has 0 aliphatic carbocycles. The Bertz CT molecular complexity index is 661. The van der Waals surface area contributed by atoms with Crippen molar-refractivity contribution < 1.29 is 121 Å². The van der Waals surface area contributed by atoms with Crippen molar-refractivity contribution in [3.05, 3.63) is 0 Å². The average molecular weight is 522 g/mol. The zero-order chi connectivity index (χ0) is 23.7. The maximum absolute atomic E-state index is 13.4. The molecule has 0 aromatic carbocycles. The fraction of sp³-hybridized carbons (Fsp3) is 1.00. The van der Waals surface area contributed by atoms with E-state index in [1.54, 1.807) is 0 Å². The van der Waals surface area contributed by atoms with E-state index < -0.39 is 83.8 Å². The molecule has 0 rings (SSSR count). The fourth-order valence-corrected chi connectivity index (χ4v) is 2.39. The van der Waals surface area contributed by atoms with Crippen molar-refractivity contribution in [3.63, 3.8) is 0 Å². The molecule has 176 valence electrons. The first-order valence-corrected chi connectivity index (χ1v) is 8.78. The largest absolute Gasteiger partial charge is 1.00 e. The average Bonchev–Trinajstić information content (AvgIpc) is 2.47. The van der Waals surface area contributed by atoms with E-state index in [-0.39, 0.29) is 51.4 Å². The van der Waals surface area contributed by atoms with Crippen LogP contribution >= 0.6 is 0 Å². The van der Waals surface area contributed by atoms with Crippen LogP contribution in [-0.2, 0) is 10.1 Å². The summed E-state index contributed by atoms with van der Waals surface area (Å²) in [6.45, 7) is 0. The summed E-state index contributed by atoms with van der Waals surface area (Å²) < 4.78 is 197. The van der Waals surface area contributed by atoms with Crippen molar-refractivity contribution in [2.45, 2.75) is 73.6 Å². The fourth-order valence-electron chi connectivity index (χ4n) is 1.95. The predicted octanol–water partition coefficient (Wildman–Crippen LogP) is 2.57. The molecular weight excluding hydrogens is 510 g/mol. The van der Waals surface area contributed by atoms with E-state index in [2.05, 4.69) is 0 Å². The van der Waals surface area contributed by atoms with Crippen LogP contribution in [0, 0.1) is 0 Å². The molecule has 0 aromatic heterocycles. The second-order valence-electron chi connectivity index (χ2n) is 5.93. The van der Waals surface area contributed by atoms with Gasteiger partial charge in [0.2, 0.25) is 0 Å². The molecule has 0 radical (unpaired) electrons. The van der Waals surface area contributed by atoms with Crippen LogP contribution in [0.25, 0.3) is 0 Å². The molecule has 3 nitrogen and oxygen atoms in total. The van der Waals surface area contributed by atoms with Gasteiger partial charge in [0.1, 0.15) is 0 Å². The summed E-state index contributed by atoms with van der Waals surface area (Å²) >= 11 is 0. The van der Waals surface area contributed by atoms with Gasteiger partial charge >= 0.3 is 86.5 Å². The Kier molecular flexibility index (Phi) is 11.2. The molecular formula is C12H12F13KO3S. The third-order valence-electron chi connectivity index (χ3n) is 3.63. The van der Waals surface area contributed by atoms with Gasteiger partial charge in [-0.1, -0.05) is 12.8 Å². The molecule has 0 amide bonds. The number of hydrogen-bond donors (Lipinski definition) is 0. The number of unbranched alkanes of at least 4 members (excludes halogenated alkanes) is 3. The second kappa shape index (κ2) is 10.3. The third-order valence-corrected chi connectivity index (χ3v) is 4.51. The van der Waals surface area contributed by atoms with Crippen molar-refractivity contribution in [1.82, 2.24) is 0 Å². The van der Waals surface area contributed by atoms with E-state index in [0.717, 1.165) is 0 Å². The van der Waals surface area contributed by atoms with Gasteiger partial charge in [0.05, 0.1) is 0 Å². The van der Waals surface area contributed by atoms with Crippen molar-refractivity contribution in [2.75, 3.05) is 0 Å². The zero-order valence-corrected chi connectivity index (χ0v) is 18.7. The molecule has 0 fully saturated rings. The van der Waals surface area contributed by atoms with Crippen molar-refractivity contribution in [3.8, 4) is 0 Å². The van der Waals surface area contributed by atoms with Crippen molar-refractivity contribution in [1.29, 1.82) is 0 Å². The smallest absolute Gasteiger partial charge is 0.743 e. The molecule has 0 atom stereocenters. The zero-order valence-electron chi connectivity index (χ0n) is 14.8. The summed E-state index contributed by atoms with van der Waals surface area (Å²) in [4.78, 5) is 0. The van der Waals surface area contributed by atoms with Crippen LogP contribution in [0.1, 0.15) is 38.5 Å². The maximum atomic E-state index is 13.4. The van der Waals surface area contributed by atoms with Crippen LogP contribution in [0.5, 0.6) is 0 Å². The van der Waals surface area contributed by atoms with Gasteiger partial charge in [-0.2, -0.15) is 57.1 Å². The minimum Gasteiger partial charge on any atom is -0.743 e. The Morgan fingerprint density at radius 2 is 0.933 bits per heavy atom. The Hall–Kier alpha value is 0.636. The maximum Gasteiger partial charge on any atom is 1.00 e. The van der Waals surface area contributed by atoms with Crippen molar-refractivity contribution in [2.24, 2.45) is 0 Å². The van der Waals surface area contributed by atoms with Crippen LogP contribution in [0.3, 0.4) is 0 Å².